The van der Waals surface area contributed by atoms with Crippen LogP contribution in [0.25, 0.3) is 0 Å². The molecule has 0 aromatic heterocycles. The van der Waals surface area contributed by atoms with Gasteiger partial charge in [0, 0.05) is 13.3 Å². The number of rotatable bonds is 20. The number of aliphatic carboxylic acids is 1. The first-order valence-electron chi connectivity index (χ1n) is 12.6. The second-order valence-electron chi connectivity index (χ2n) is 8.77. The summed E-state index contributed by atoms with van der Waals surface area (Å²) in [5, 5.41) is 9.40. The van der Waals surface area contributed by atoms with Gasteiger partial charge in [-0.15, -0.1) is 0 Å². The third-order valence-electron chi connectivity index (χ3n) is 5.77. The summed E-state index contributed by atoms with van der Waals surface area (Å²) in [4.78, 5) is 22.8. The summed E-state index contributed by atoms with van der Waals surface area (Å²) in [5.74, 6) is -1.70. The van der Waals surface area contributed by atoms with Crippen LogP contribution < -0.4 is 0 Å². The van der Waals surface area contributed by atoms with Crippen LogP contribution >= 0.6 is 0 Å². The summed E-state index contributed by atoms with van der Waals surface area (Å²) >= 11 is 0. The van der Waals surface area contributed by atoms with Crippen LogP contribution in [0, 0.1) is 0 Å². The number of carboxylic acids is 1. The molecule has 32 heavy (non-hydrogen) atoms. The molecule has 0 amide bonds. The smallest absolute Gasteiger partial charge is 0.345 e. The molecule has 0 saturated carbocycles. The van der Waals surface area contributed by atoms with Crippen molar-refractivity contribution >= 4 is 11.9 Å². The van der Waals surface area contributed by atoms with E-state index in [1.807, 2.05) is 30.3 Å². The zero-order valence-electron chi connectivity index (χ0n) is 20.2. The van der Waals surface area contributed by atoms with E-state index in [9.17, 15) is 14.7 Å². The van der Waals surface area contributed by atoms with Crippen LogP contribution in [0.2, 0.25) is 0 Å². The Morgan fingerprint density at radius 3 is 1.88 bits per heavy atom. The topological polar surface area (TPSA) is 72.8 Å². The Balaban J connectivity index is 2.30. The fourth-order valence-electron chi connectivity index (χ4n) is 3.91. The number of unbranched alkanes of at least 4 members (excludes halogenated alkanes) is 11. The molecule has 5 nitrogen and oxygen atoms in total. The minimum Gasteiger partial charge on any atom is -0.479 e. The molecule has 1 N–H and O–H groups in total. The molecule has 0 fully saturated rings. The van der Waals surface area contributed by atoms with E-state index in [4.69, 9.17) is 9.47 Å². The van der Waals surface area contributed by atoms with Crippen molar-refractivity contribution in [3.8, 4) is 0 Å². The number of hydrogen-bond donors (Lipinski definition) is 1. The van der Waals surface area contributed by atoms with Gasteiger partial charge in [-0.2, -0.15) is 0 Å². The quantitative estimate of drug-likeness (QED) is 0.171. The van der Waals surface area contributed by atoms with Gasteiger partial charge in [-0.3, -0.25) is 4.79 Å². The molecule has 0 aliphatic carbocycles. The Morgan fingerprint density at radius 1 is 0.844 bits per heavy atom. The van der Waals surface area contributed by atoms with Crippen molar-refractivity contribution in [1.29, 1.82) is 0 Å². The largest absolute Gasteiger partial charge is 0.479 e. The molecule has 2 unspecified atom stereocenters. The molecule has 0 aliphatic rings. The molecule has 0 aliphatic heterocycles. The molecule has 1 rings (SSSR count). The first kappa shape index (κ1) is 28.2. The standard InChI is InChI=1S/C27H44O5/c1-3-4-5-6-7-8-9-10-11-12-13-17-20-25(21-26(27(29)30)32-23(2)28)31-22-24-18-15-14-16-19-24/h14-16,18-19,25-26H,3-13,17,20-22H2,1-2H3,(H,29,30). The van der Waals surface area contributed by atoms with Crippen LogP contribution in [0.4, 0.5) is 0 Å². The van der Waals surface area contributed by atoms with Gasteiger partial charge in [0.15, 0.2) is 0 Å². The maximum absolute atomic E-state index is 11.5. The highest BCUT2D eigenvalue weighted by Crippen LogP contribution is 2.18. The molecule has 2 atom stereocenters. The van der Waals surface area contributed by atoms with Crippen molar-refractivity contribution in [1.82, 2.24) is 0 Å². The Bertz CT molecular complexity index is 601. The molecule has 0 spiro atoms. The molecule has 182 valence electrons. The summed E-state index contributed by atoms with van der Waals surface area (Å²) in [6.07, 6.45) is 14.9. The maximum atomic E-state index is 11.5. The number of carbonyl (C=O) groups is 2. The molecule has 5 heteroatoms. The lowest BCUT2D eigenvalue weighted by Crippen LogP contribution is -2.31. The van der Waals surface area contributed by atoms with E-state index in [2.05, 4.69) is 6.92 Å². The second kappa shape index (κ2) is 18.7. The van der Waals surface area contributed by atoms with E-state index in [-0.39, 0.29) is 12.5 Å². The van der Waals surface area contributed by atoms with Gasteiger partial charge in [-0.25, -0.2) is 4.79 Å². The van der Waals surface area contributed by atoms with Crippen LogP contribution in [-0.2, 0) is 25.7 Å². The fourth-order valence-corrected chi connectivity index (χ4v) is 3.91. The third kappa shape index (κ3) is 15.0. The van der Waals surface area contributed by atoms with Crippen molar-refractivity contribution in [2.45, 2.75) is 123 Å². The van der Waals surface area contributed by atoms with Gasteiger partial charge in [0.1, 0.15) is 0 Å². The normalized spacial score (nSPS) is 12.9. The highest BCUT2D eigenvalue weighted by Gasteiger charge is 2.25. The molecule has 0 bridgehead atoms. The Morgan fingerprint density at radius 2 is 1.38 bits per heavy atom. The summed E-state index contributed by atoms with van der Waals surface area (Å²) in [6.45, 7) is 3.92. The first-order valence-corrected chi connectivity index (χ1v) is 12.6. The molecular formula is C27H44O5. The predicted octanol–water partition coefficient (Wildman–Crippen LogP) is 7.07. The molecule has 1 aromatic rings. The average molecular weight is 449 g/mol. The minimum absolute atomic E-state index is 0.180. The van der Waals surface area contributed by atoms with E-state index < -0.39 is 18.0 Å². The zero-order chi connectivity index (χ0) is 23.4. The van der Waals surface area contributed by atoms with Gasteiger partial charge in [0.2, 0.25) is 6.10 Å². The lowest BCUT2D eigenvalue weighted by atomic mass is 10.0. The van der Waals surface area contributed by atoms with E-state index in [0.717, 1.165) is 24.8 Å². The van der Waals surface area contributed by atoms with Gasteiger partial charge < -0.3 is 14.6 Å². The van der Waals surface area contributed by atoms with Gasteiger partial charge in [0.05, 0.1) is 12.7 Å². The molecule has 0 heterocycles. The lowest BCUT2D eigenvalue weighted by Gasteiger charge is -2.22. The SMILES string of the molecule is CCCCCCCCCCCCCCC(CC(OC(C)=O)C(=O)O)OCc1ccccc1. The highest BCUT2D eigenvalue weighted by atomic mass is 16.6. The fraction of sp³-hybridized carbons (Fsp3) is 0.704. The summed E-state index contributed by atoms with van der Waals surface area (Å²) < 4.78 is 11.0. The molecule has 1 aromatic carbocycles. The van der Waals surface area contributed by atoms with Gasteiger partial charge in [-0.1, -0.05) is 114 Å². The zero-order valence-corrected chi connectivity index (χ0v) is 20.2. The highest BCUT2D eigenvalue weighted by molar-refractivity contribution is 5.76. The number of ether oxygens (including phenoxy) is 2. The van der Waals surface area contributed by atoms with E-state index in [1.165, 1.54) is 71.1 Å². The third-order valence-corrected chi connectivity index (χ3v) is 5.77. The summed E-state index contributed by atoms with van der Waals surface area (Å²) in [6, 6.07) is 9.84. The predicted molar refractivity (Wildman–Crippen MR) is 129 cm³/mol. The van der Waals surface area contributed by atoms with Gasteiger partial charge in [0.25, 0.3) is 0 Å². The van der Waals surface area contributed by atoms with Crippen LogP contribution in [0.15, 0.2) is 30.3 Å². The molecular weight excluding hydrogens is 404 g/mol. The number of esters is 1. The monoisotopic (exact) mass is 448 g/mol. The van der Waals surface area contributed by atoms with Crippen molar-refractivity contribution in [3.05, 3.63) is 35.9 Å². The maximum Gasteiger partial charge on any atom is 0.345 e. The van der Waals surface area contributed by atoms with Crippen molar-refractivity contribution < 1.29 is 24.2 Å². The number of carbonyl (C=O) groups excluding carboxylic acids is 1. The molecule has 0 saturated heterocycles. The van der Waals surface area contributed by atoms with Crippen LogP contribution in [-0.4, -0.2) is 29.3 Å². The van der Waals surface area contributed by atoms with Crippen molar-refractivity contribution in [2.24, 2.45) is 0 Å². The average Bonchev–Trinajstić information content (AvgIpc) is 2.77. The second-order valence-corrected chi connectivity index (χ2v) is 8.77. The Labute approximate surface area is 194 Å². The first-order chi connectivity index (χ1) is 15.5. The number of hydrogen-bond acceptors (Lipinski definition) is 4. The van der Waals surface area contributed by atoms with E-state index in [0.29, 0.717) is 6.61 Å². The van der Waals surface area contributed by atoms with E-state index >= 15 is 0 Å². The van der Waals surface area contributed by atoms with Crippen molar-refractivity contribution in [2.75, 3.05) is 0 Å². The lowest BCUT2D eigenvalue weighted by molar-refractivity contribution is -0.165. The summed E-state index contributed by atoms with van der Waals surface area (Å²) in [5.41, 5.74) is 1.05. The van der Waals surface area contributed by atoms with Crippen molar-refractivity contribution in [3.63, 3.8) is 0 Å². The number of carboxylic acid groups (broad SMARTS) is 1. The van der Waals surface area contributed by atoms with Crippen LogP contribution in [0.3, 0.4) is 0 Å². The Hall–Kier alpha value is -1.88. The Kier molecular flexibility index (Phi) is 16.4. The number of benzene rings is 1. The van der Waals surface area contributed by atoms with Gasteiger partial charge in [-0.05, 0) is 12.0 Å². The molecule has 0 radical (unpaired) electrons. The van der Waals surface area contributed by atoms with E-state index in [1.54, 1.807) is 0 Å². The minimum atomic E-state index is -1.16. The van der Waals surface area contributed by atoms with Gasteiger partial charge >= 0.3 is 11.9 Å². The summed E-state index contributed by atoms with van der Waals surface area (Å²) in [7, 11) is 0. The van der Waals surface area contributed by atoms with Crippen LogP contribution in [0.1, 0.15) is 109 Å². The van der Waals surface area contributed by atoms with Crippen LogP contribution in [0.5, 0.6) is 0 Å².